The molecular formula is C33H34N2O6S. The van der Waals surface area contributed by atoms with Crippen LogP contribution in [0.3, 0.4) is 0 Å². The SMILES string of the molecule is Cc1cc(O[C@H]2CCN(S(C)(=O)=O)C2)cc(C)c1-c1c(C#N)ccc2c1CC[C@H]2Oc1ccc([C@H]2C[C@@H]2C(=O)O)cc1. The maximum Gasteiger partial charge on any atom is 0.307 e. The molecule has 2 fully saturated rings. The van der Waals surface area contributed by atoms with Gasteiger partial charge < -0.3 is 14.6 Å². The van der Waals surface area contributed by atoms with Crippen LogP contribution in [0.25, 0.3) is 11.1 Å². The Balaban J connectivity index is 1.24. The summed E-state index contributed by atoms with van der Waals surface area (Å²) in [6, 6.07) is 18.0. The standard InChI is InChI=1S/C33H34N2O6S/c1-19-14-25(40-24-12-13-35(18-24)42(3,38)39)15-20(2)31(19)32-22(17-34)6-9-26-27(32)10-11-30(26)41-23-7-4-21(5-8-23)28-16-29(28)33(36)37/h4-9,14-15,24,28-30H,10-13,16,18H2,1-3H3,(H,36,37)/t24-,28+,29-,30+/m0/s1. The molecule has 8 nitrogen and oxygen atoms in total. The maximum atomic E-state index is 11.9. The molecule has 0 bridgehead atoms. The number of carboxylic acids is 1. The zero-order valence-electron chi connectivity index (χ0n) is 24.0. The van der Waals surface area contributed by atoms with Gasteiger partial charge in [0.15, 0.2) is 0 Å². The zero-order valence-corrected chi connectivity index (χ0v) is 24.8. The van der Waals surface area contributed by atoms with Gasteiger partial charge in [0.1, 0.15) is 23.7 Å². The van der Waals surface area contributed by atoms with Crippen molar-refractivity contribution < 1.29 is 27.8 Å². The largest absolute Gasteiger partial charge is 0.489 e. The molecule has 0 amide bonds. The highest BCUT2D eigenvalue weighted by atomic mass is 32.2. The minimum Gasteiger partial charge on any atom is -0.489 e. The molecule has 9 heteroatoms. The Morgan fingerprint density at radius 2 is 1.71 bits per heavy atom. The summed E-state index contributed by atoms with van der Waals surface area (Å²) in [7, 11) is -3.24. The number of rotatable bonds is 8. The molecule has 1 saturated carbocycles. The van der Waals surface area contributed by atoms with Gasteiger partial charge >= 0.3 is 5.97 Å². The first-order chi connectivity index (χ1) is 20.0. The van der Waals surface area contributed by atoms with E-state index in [2.05, 4.69) is 6.07 Å². The van der Waals surface area contributed by atoms with Gasteiger partial charge in [0, 0.05) is 12.1 Å². The molecule has 1 aliphatic heterocycles. The fourth-order valence-electron chi connectivity index (χ4n) is 6.63. The Kier molecular flexibility index (Phi) is 7.24. The monoisotopic (exact) mass is 586 g/mol. The Hall–Kier alpha value is -3.87. The Bertz CT molecular complexity index is 1690. The molecule has 3 aromatic rings. The molecule has 6 rings (SSSR count). The lowest BCUT2D eigenvalue weighted by atomic mass is 9.87. The van der Waals surface area contributed by atoms with E-state index in [1.165, 1.54) is 10.6 Å². The van der Waals surface area contributed by atoms with E-state index in [0.29, 0.717) is 37.2 Å². The van der Waals surface area contributed by atoms with Crippen molar-refractivity contribution in [2.45, 2.75) is 57.7 Å². The summed E-state index contributed by atoms with van der Waals surface area (Å²) in [6.07, 6.45) is 3.78. The average Bonchev–Trinajstić information content (AvgIpc) is 3.43. The lowest BCUT2D eigenvalue weighted by Gasteiger charge is -2.20. The van der Waals surface area contributed by atoms with Crippen LogP contribution in [0.15, 0.2) is 48.5 Å². The first-order valence-electron chi connectivity index (χ1n) is 14.3. The lowest BCUT2D eigenvalue weighted by Crippen LogP contribution is -2.29. The van der Waals surface area contributed by atoms with Gasteiger partial charge in [-0.25, -0.2) is 8.42 Å². The van der Waals surface area contributed by atoms with Crippen LogP contribution in [0.1, 0.15) is 64.7 Å². The predicted octanol–water partition coefficient (Wildman–Crippen LogP) is 5.51. The fraction of sp³-hybridized carbons (Fsp3) is 0.394. The fourth-order valence-corrected chi connectivity index (χ4v) is 7.51. The summed E-state index contributed by atoms with van der Waals surface area (Å²) in [5.74, 6) is 0.500. The quantitative estimate of drug-likeness (QED) is 0.370. The highest BCUT2D eigenvalue weighted by molar-refractivity contribution is 7.88. The van der Waals surface area contributed by atoms with E-state index >= 15 is 0 Å². The van der Waals surface area contributed by atoms with Crippen molar-refractivity contribution in [2.24, 2.45) is 5.92 Å². The number of ether oxygens (including phenoxy) is 2. The summed E-state index contributed by atoms with van der Waals surface area (Å²) >= 11 is 0. The molecule has 3 aliphatic rings. The summed E-state index contributed by atoms with van der Waals surface area (Å²) in [6.45, 7) is 4.84. The van der Waals surface area contributed by atoms with Crippen LogP contribution >= 0.6 is 0 Å². The zero-order chi connectivity index (χ0) is 29.8. The van der Waals surface area contributed by atoms with Crippen LogP contribution in [0.4, 0.5) is 0 Å². The van der Waals surface area contributed by atoms with Crippen LogP contribution in [-0.4, -0.2) is 49.2 Å². The van der Waals surface area contributed by atoms with E-state index < -0.39 is 16.0 Å². The molecule has 42 heavy (non-hydrogen) atoms. The minimum absolute atomic E-state index is 0.0827. The van der Waals surface area contributed by atoms with Gasteiger partial charge in [-0.15, -0.1) is 0 Å². The number of aryl methyl sites for hydroxylation is 2. The number of nitrogens with zero attached hydrogens (tertiary/aromatic N) is 2. The summed E-state index contributed by atoms with van der Waals surface area (Å²) in [5.41, 5.74) is 7.79. The van der Waals surface area contributed by atoms with E-state index in [1.807, 2.05) is 62.4 Å². The topological polar surface area (TPSA) is 117 Å². The molecule has 1 N–H and O–H groups in total. The second kappa shape index (κ2) is 10.8. The van der Waals surface area contributed by atoms with Crippen molar-refractivity contribution in [1.82, 2.24) is 4.31 Å². The van der Waals surface area contributed by atoms with Gasteiger partial charge in [-0.2, -0.15) is 9.57 Å². The van der Waals surface area contributed by atoms with Crippen molar-refractivity contribution in [3.8, 4) is 28.7 Å². The third kappa shape index (κ3) is 5.37. The van der Waals surface area contributed by atoms with Crippen LogP contribution in [0, 0.1) is 31.1 Å². The molecular weight excluding hydrogens is 552 g/mol. The lowest BCUT2D eigenvalue weighted by molar-refractivity contribution is -0.138. The number of hydrogen-bond acceptors (Lipinski definition) is 6. The molecule has 4 atom stereocenters. The second-order valence-corrected chi connectivity index (χ2v) is 13.7. The number of sulfonamides is 1. The predicted molar refractivity (Wildman–Crippen MR) is 158 cm³/mol. The Labute approximate surface area is 246 Å². The number of fused-ring (bicyclic) bond motifs is 1. The van der Waals surface area contributed by atoms with Gasteiger partial charge in [0.25, 0.3) is 0 Å². The number of hydrogen-bond donors (Lipinski definition) is 1. The number of aliphatic carboxylic acids is 1. The third-order valence-electron chi connectivity index (χ3n) is 8.80. The maximum absolute atomic E-state index is 11.9. The van der Waals surface area contributed by atoms with Crippen molar-refractivity contribution in [1.29, 1.82) is 5.26 Å². The van der Waals surface area contributed by atoms with Crippen LogP contribution < -0.4 is 9.47 Å². The van der Waals surface area contributed by atoms with Gasteiger partial charge in [-0.3, -0.25) is 4.79 Å². The van der Waals surface area contributed by atoms with Gasteiger partial charge in [0.2, 0.25) is 10.0 Å². The minimum atomic E-state index is -3.24. The van der Waals surface area contributed by atoms with Crippen molar-refractivity contribution in [3.05, 3.63) is 81.9 Å². The molecule has 3 aromatic carbocycles. The van der Waals surface area contributed by atoms with E-state index in [-0.39, 0.29) is 24.0 Å². The van der Waals surface area contributed by atoms with Crippen molar-refractivity contribution in [2.75, 3.05) is 19.3 Å². The molecule has 0 spiro atoms. The second-order valence-electron chi connectivity index (χ2n) is 11.8. The van der Waals surface area contributed by atoms with Gasteiger partial charge in [-0.05, 0) is 109 Å². The molecule has 2 aliphatic carbocycles. The summed E-state index contributed by atoms with van der Waals surface area (Å²) in [5, 5.41) is 19.3. The molecule has 0 unspecified atom stereocenters. The van der Waals surface area contributed by atoms with E-state index in [0.717, 1.165) is 57.5 Å². The van der Waals surface area contributed by atoms with Crippen LogP contribution in [0.5, 0.6) is 11.5 Å². The van der Waals surface area contributed by atoms with Crippen LogP contribution in [0.2, 0.25) is 0 Å². The normalized spacial score (nSPS) is 23.3. The van der Waals surface area contributed by atoms with E-state index in [1.54, 1.807) is 0 Å². The molecule has 1 heterocycles. The van der Waals surface area contributed by atoms with Gasteiger partial charge in [-0.1, -0.05) is 18.2 Å². The average molecular weight is 587 g/mol. The highest BCUT2D eigenvalue weighted by Crippen LogP contribution is 2.48. The highest BCUT2D eigenvalue weighted by Gasteiger charge is 2.44. The Morgan fingerprint density at radius 3 is 2.31 bits per heavy atom. The number of nitriles is 1. The van der Waals surface area contributed by atoms with Crippen molar-refractivity contribution in [3.63, 3.8) is 0 Å². The Morgan fingerprint density at radius 1 is 1.00 bits per heavy atom. The van der Waals surface area contributed by atoms with Gasteiger partial charge in [0.05, 0.1) is 30.4 Å². The summed E-state index contributed by atoms with van der Waals surface area (Å²) in [4.78, 5) is 11.2. The molecule has 0 aromatic heterocycles. The number of benzene rings is 3. The smallest absolute Gasteiger partial charge is 0.307 e. The van der Waals surface area contributed by atoms with Crippen molar-refractivity contribution >= 4 is 16.0 Å². The van der Waals surface area contributed by atoms with E-state index in [4.69, 9.17) is 9.47 Å². The summed E-state index contributed by atoms with van der Waals surface area (Å²) < 4.78 is 37.9. The first kappa shape index (κ1) is 28.3. The number of carbonyl (C=O) groups is 1. The molecule has 0 radical (unpaired) electrons. The molecule has 218 valence electrons. The van der Waals surface area contributed by atoms with Crippen LogP contribution in [-0.2, 0) is 21.2 Å². The van der Waals surface area contributed by atoms with E-state index in [9.17, 15) is 23.6 Å². The number of carboxylic acid groups (broad SMARTS) is 1. The first-order valence-corrected chi connectivity index (χ1v) is 16.2. The third-order valence-corrected chi connectivity index (χ3v) is 10.1. The molecule has 1 saturated heterocycles.